The summed E-state index contributed by atoms with van der Waals surface area (Å²) in [6.45, 7) is 4.18. The van der Waals surface area contributed by atoms with Gasteiger partial charge in [-0.15, -0.1) is 11.3 Å². The monoisotopic (exact) mass is 453 g/mol. The molecule has 2 bridgehead atoms. The number of hydrogen-bond donors (Lipinski definition) is 0. The Morgan fingerprint density at radius 3 is 2.39 bits per heavy atom. The summed E-state index contributed by atoms with van der Waals surface area (Å²) in [6, 6.07) is 16.0. The molecule has 0 N–H and O–H groups in total. The molecule has 6 heteroatoms. The highest BCUT2D eigenvalue weighted by Gasteiger charge is 2.52. The van der Waals surface area contributed by atoms with E-state index in [-0.39, 0.29) is 0 Å². The molecule has 162 valence electrons. The van der Waals surface area contributed by atoms with Crippen LogP contribution in [0.15, 0.2) is 64.7 Å². The van der Waals surface area contributed by atoms with Crippen LogP contribution in [0.4, 0.5) is 0 Å². The zero-order chi connectivity index (χ0) is 21.4. The highest BCUT2D eigenvalue weighted by molar-refractivity contribution is 7.10. The molecular weight excluding hydrogens is 426 g/mol. The number of hydrogen-bond acceptors (Lipinski definition) is 5. The van der Waals surface area contributed by atoms with E-state index in [1.54, 1.807) is 17.5 Å². The van der Waals surface area contributed by atoms with E-state index >= 15 is 0 Å². The van der Waals surface area contributed by atoms with Gasteiger partial charge in [0.05, 0.1) is 31.8 Å². The lowest BCUT2D eigenvalue weighted by atomic mass is 9.80. The summed E-state index contributed by atoms with van der Waals surface area (Å²) in [5.74, 6) is -0.639. The molecule has 0 aliphatic carbocycles. The Bertz CT molecular complexity index is 956. The molecule has 3 aliphatic heterocycles. The maximum atomic E-state index is 13.9. The number of quaternary nitrogens is 1. The fourth-order valence-corrected chi connectivity index (χ4v) is 6.63. The Morgan fingerprint density at radius 2 is 1.77 bits per heavy atom. The molecule has 1 atom stereocenters. The maximum Gasteiger partial charge on any atom is 0.305 e. The number of rotatable bonds is 7. The number of nitrogens with zero attached hydrogens (tertiary/aromatic N) is 1. The average molecular weight is 454 g/mol. The molecule has 1 unspecified atom stereocenters. The van der Waals surface area contributed by atoms with E-state index in [0.717, 1.165) is 56.3 Å². The van der Waals surface area contributed by atoms with Gasteiger partial charge in [0.25, 0.3) is 0 Å². The predicted molar refractivity (Wildman–Crippen MR) is 122 cm³/mol. The normalized spacial score (nSPS) is 27.0. The first kappa shape index (κ1) is 20.9. The summed E-state index contributed by atoms with van der Waals surface area (Å²) in [7, 11) is 0. The number of fused-ring (bicyclic) bond motifs is 3. The summed E-state index contributed by atoms with van der Waals surface area (Å²) in [5, 5.41) is 19.4. The minimum atomic E-state index is -1.98. The molecule has 6 rings (SSSR count). The van der Waals surface area contributed by atoms with Crippen LogP contribution >= 0.6 is 22.7 Å². The SMILES string of the molecule is O=C(OC12CC[N+](CCc3ccccc3)(CC1)CC2)C([O-])(c1ccsc1)c1cccs1. The summed E-state index contributed by atoms with van der Waals surface area (Å²) < 4.78 is 7.24. The number of benzene rings is 1. The molecule has 5 heterocycles. The Labute approximate surface area is 191 Å². The van der Waals surface area contributed by atoms with Gasteiger partial charge in [-0.2, -0.15) is 11.3 Å². The van der Waals surface area contributed by atoms with Gasteiger partial charge in [-0.25, -0.2) is 0 Å². The number of thiophene rings is 2. The van der Waals surface area contributed by atoms with Crippen LogP contribution in [0.5, 0.6) is 0 Å². The first-order valence-electron chi connectivity index (χ1n) is 10.9. The second-order valence-electron chi connectivity index (χ2n) is 8.96. The van der Waals surface area contributed by atoms with Crippen LogP contribution < -0.4 is 5.11 Å². The van der Waals surface area contributed by atoms with Crippen molar-refractivity contribution >= 4 is 28.6 Å². The van der Waals surface area contributed by atoms with Crippen LogP contribution in [-0.4, -0.2) is 42.2 Å². The van der Waals surface area contributed by atoms with Crippen molar-refractivity contribution in [3.8, 4) is 0 Å². The van der Waals surface area contributed by atoms with Gasteiger partial charge in [0, 0.05) is 30.6 Å². The Kier molecular flexibility index (Phi) is 5.51. The van der Waals surface area contributed by atoms with Crippen LogP contribution in [0.1, 0.15) is 35.3 Å². The first-order valence-corrected chi connectivity index (χ1v) is 12.8. The van der Waals surface area contributed by atoms with Crippen molar-refractivity contribution in [2.45, 2.75) is 36.9 Å². The van der Waals surface area contributed by atoms with E-state index in [2.05, 4.69) is 30.3 Å². The molecule has 0 spiro atoms. The van der Waals surface area contributed by atoms with Gasteiger partial charge in [0.15, 0.2) is 0 Å². The van der Waals surface area contributed by atoms with Crippen molar-refractivity contribution in [1.29, 1.82) is 0 Å². The van der Waals surface area contributed by atoms with Crippen LogP contribution in [-0.2, 0) is 21.6 Å². The van der Waals surface area contributed by atoms with Crippen molar-refractivity contribution < 1.29 is 19.1 Å². The minimum absolute atomic E-state index is 0.479. The van der Waals surface area contributed by atoms with Crippen LogP contribution in [0.25, 0.3) is 0 Å². The second-order valence-corrected chi connectivity index (χ2v) is 10.7. The largest absolute Gasteiger partial charge is 0.834 e. The van der Waals surface area contributed by atoms with Crippen molar-refractivity contribution in [3.05, 3.63) is 80.7 Å². The van der Waals surface area contributed by atoms with Gasteiger partial charge in [-0.3, -0.25) is 4.79 Å². The van der Waals surface area contributed by atoms with E-state index in [0.29, 0.717) is 10.4 Å². The zero-order valence-corrected chi connectivity index (χ0v) is 19.1. The molecule has 0 saturated carbocycles. The van der Waals surface area contributed by atoms with Crippen LogP contribution in [0, 0.1) is 0 Å². The summed E-state index contributed by atoms with van der Waals surface area (Å²) in [5.41, 5.74) is -0.586. The third-order valence-electron chi connectivity index (χ3n) is 7.24. The summed E-state index contributed by atoms with van der Waals surface area (Å²) in [6.07, 6.45) is 3.61. The molecule has 3 saturated heterocycles. The summed E-state index contributed by atoms with van der Waals surface area (Å²) >= 11 is 2.76. The van der Waals surface area contributed by atoms with Gasteiger partial charge < -0.3 is 14.3 Å². The topological polar surface area (TPSA) is 49.4 Å². The molecule has 3 aliphatic rings. The summed E-state index contributed by atoms with van der Waals surface area (Å²) in [4.78, 5) is 13.9. The fraction of sp³-hybridized carbons (Fsp3) is 0.400. The molecule has 4 nitrogen and oxygen atoms in total. The van der Waals surface area contributed by atoms with Gasteiger partial charge in [-0.05, 0) is 39.4 Å². The van der Waals surface area contributed by atoms with Crippen molar-refractivity contribution in [1.82, 2.24) is 0 Å². The quantitative estimate of drug-likeness (QED) is 0.402. The van der Waals surface area contributed by atoms with E-state index in [9.17, 15) is 9.90 Å². The molecule has 2 aromatic heterocycles. The molecule has 3 aromatic rings. The molecule has 0 amide bonds. The highest BCUT2D eigenvalue weighted by atomic mass is 32.1. The standard InChI is InChI=1S/C25H27NO3S2/c27-23(25(28,21-9-18-30-19-21)22-7-4-17-31-22)29-24-10-14-26(15-11-24,16-12-24)13-8-20-5-2-1-3-6-20/h1-7,9,17-19H,8,10-16H2. The molecular formula is C25H27NO3S2. The number of esters is 1. The van der Waals surface area contributed by atoms with Gasteiger partial charge in [-0.1, -0.05) is 36.4 Å². The second kappa shape index (κ2) is 8.17. The molecule has 31 heavy (non-hydrogen) atoms. The van der Waals surface area contributed by atoms with Crippen molar-refractivity contribution in [2.75, 3.05) is 26.2 Å². The molecule has 3 fully saturated rings. The lowest BCUT2D eigenvalue weighted by Crippen LogP contribution is -2.66. The number of carbonyl (C=O) groups is 1. The number of carbonyl (C=O) groups excluding carboxylic acids is 1. The number of ether oxygens (including phenoxy) is 1. The molecule has 0 radical (unpaired) electrons. The molecule has 1 aromatic carbocycles. The van der Waals surface area contributed by atoms with E-state index < -0.39 is 17.2 Å². The minimum Gasteiger partial charge on any atom is -0.834 e. The average Bonchev–Trinajstić information content (AvgIpc) is 3.54. The zero-order valence-electron chi connectivity index (χ0n) is 17.5. The van der Waals surface area contributed by atoms with Gasteiger partial charge >= 0.3 is 5.97 Å². The lowest BCUT2D eigenvalue weighted by molar-refractivity contribution is -0.944. The number of piperidine rings is 3. The van der Waals surface area contributed by atoms with Gasteiger partial charge in [0.1, 0.15) is 5.60 Å². The Hall–Kier alpha value is -1.99. The predicted octanol–water partition coefficient (Wildman–Crippen LogP) is 3.95. The van der Waals surface area contributed by atoms with Crippen LogP contribution in [0.2, 0.25) is 0 Å². The van der Waals surface area contributed by atoms with E-state index in [1.165, 1.54) is 28.2 Å². The maximum absolute atomic E-state index is 13.9. The Morgan fingerprint density at radius 1 is 1.03 bits per heavy atom. The van der Waals surface area contributed by atoms with E-state index in [1.807, 2.05) is 16.8 Å². The first-order chi connectivity index (χ1) is 15.0. The highest BCUT2D eigenvalue weighted by Crippen LogP contribution is 2.42. The van der Waals surface area contributed by atoms with Crippen molar-refractivity contribution in [2.24, 2.45) is 0 Å². The Balaban J connectivity index is 1.29. The fourth-order valence-electron chi connectivity index (χ4n) is 5.11. The van der Waals surface area contributed by atoms with Gasteiger partial charge in [0.2, 0.25) is 0 Å². The van der Waals surface area contributed by atoms with Crippen molar-refractivity contribution in [3.63, 3.8) is 0 Å². The third-order valence-corrected chi connectivity index (χ3v) is 8.89. The van der Waals surface area contributed by atoms with Crippen LogP contribution in [0.3, 0.4) is 0 Å². The third kappa shape index (κ3) is 3.87. The van der Waals surface area contributed by atoms with E-state index in [4.69, 9.17) is 4.74 Å². The lowest BCUT2D eigenvalue weighted by Gasteiger charge is -2.55. The smallest absolute Gasteiger partial charge is 0.305 e.